The van der Waals surface area contributed by atoms with Gasteiger partial charge in [-0.05, 0) is 89.3 Å². The van der Waals surface area contributed by atoms with E-state index in [9.17, 15) is 4.79 Å². The number of hydrogen-bond donors (Lipinski definition) is 0. The molecule has 7 heteroatoms. The number of thiazole rings is 1. The molecule has 0 N–H and O–H groups in total. The quantitative estimate of drug-likeness (QED) is 0.457. The summed E-state index contributed by atoms with van der Waals surface area (Å²) >= 11 is 1.57. The highest BCUT2D eigenvalue weighted by Gasteiger charge is 2.21. The summed E-state index contributed by atoms with van der Waals surface area (Å²) in [5, 5.41) is 0.725. The smallest absolute Gasteiger partial charge is 0.266 e. The Morgan fingerprint density at radius 3 is 2.35 bits per heavy atom. The maximum absolute atomic E-state index is 13.1. The zero-order chi connectivity index (χ0) is 22.4. The average Bonchev–Trinajstić information content (AvgIpc) is 3.14. The molecule has 6 nitrogen and oxygen atoms in total. The monoisotopic (exact) mass is 441 g/mol. The molecule has 0 aliphatic rings. The summed E-state index contributed by atoms with van der Waals surface area (Å²) in [7, 11) is 4.07. The maximum atomic E-state index is 13.1. The first-order valence-electron chi connectivity index (χ1n) is 10.6. The molecule has 0 aliphatic carbocycles. The van der Waals surface area contributed by atoms with Crippen molar-refractivity contribution in [3.05, 3.63) is 47.5 Å². The number of aromatic nitrogens is 1. The number of amides is 1. The van der Waals surface area contributed by atoms with Crippen molar-refractivity contribution < 1.29 is 14.3 Å². The van der Waals surface area contributed by atoms with Crippen molar-refractivity contribution in [2.45, 2.75) is 27.2 Å². The van der Waals surface area contributed by atoms with Crippen molar-refractivity contribution in [3.8, 4) is 11.5 Å². The minimum Gasteiger partial charge on any atom is -0.494 e. The van der Waals surface area contributed by atoms with Crippen LogP contribution in [0.1, 0.15) is 24.5 Å². The Labute approximate surface area is 188 Å². The Balaban J connectivity index is 1.76. The SMILES string of the molecule is CCOc1ccc(OCC(=O)N(CCCN(C)C)c2nc3cc(C)cc(C)c3s2)cc1. The number of aryl methyl sites for hydroxylation is 2. The number of fused-ring (bicyclic) bond motifs is 1. The zero-order valence-electron chi connectivity index (χ0n) is 19.0. The van der Waals surface area contributed by atoms with Gasteiger partial charge in [-0.15, -0.1) is 0 Å². The third-order valence-corrected chi connectivity index (χ3v) is 6.05. The molecule has 31 heavy (non-hydrogen) atoms. The number of anilines is 1. The van der Waals surface area contributed by atoms with E-state index in [0.29, 0.717) is 18.9 Å². The number of carbonyl (C=O) groups excluding carboxylic acids is 1. The molecule has 0 saturated carbocycles. The summed E-state index contributed by atoms with van der Waals surface area (Å²) < 4.78 is 12.3. The molecular weight excluding hydrogens is 410 g/mol. The van der Waals surface area contributed by atoms with Gasteiger partial charge in [-0.1, -0.05) is 17.4 Å². The van der Waals surface area contributed by atoms with Gasteiger partial charge < -0.3 is 14.4 Å². The van der Waals surface area contributed by atoms with Crippen LogP contribution in [0, 0.1) is 13.8 Å². The highest BCUT2D eigenvalue weighted by Crippen LogP contribution is 2.32. The lowest BCUT2D eigenvalue weighted by Gasteiger charge is -2.21. The van der Waals surface area contributed by atoms with Gasteiger partial charge in [0.25, 0.3) is 5.91 Å². The van der Waals surface area contributed by atoms with Gasteiger partial charge in [0, 0.05) is 6.54 Å². The Morgan fingerprint density at radius 1 is 1.03 bits per heavy atom. The van der Waals surface area contributed by atoms with Crippen LogP contribution in [0.3, 0.4) is 0 Å². The highest BCUT2D eigenvalue weighted by molar-refractivity contribution is 7.22. The summed E-state index contributed by atoms with van der Waals surface area (Å²) in [5.41, 5.74) is 3.30. The van der Waals surface area contributed by atoms with E-state index in [4.69, 9.17) is 14.5 Å². The fraction of sp³-hybridized carbons (Fsp3) is 0.417. The van der Waals surface area contributed by atoms with Gasteiger partial charge in [-0.3, -0.25) is 9.69 Å². The van der Waals surface area contributed by atoms with Gasteiger partial charge in [0.15, 0.2) is 11.7 Å². The minimum absolute atomic E-state index is 0.0378. The van der Waals surface area contributed by atoms with Gasteiger partial charge in [-0.25, -0.2) is 4.98 Å². The third kappa shape index (κ3) is 6.18. The number of ether oxygens (including phenoxy) is 2. The molecule has 0 bridgehead atoms. The Bertz CT molecular complexity index is 1010. The van der Waals surface area contributed by atoms with Gasteiger partial charge in [-0.2, -0.15) is 0 Å². The van der Waals surface area contributed by atoms with E-state index >= 15 is 0 Å². The molecule has 0 atom stereocenters. The first-order valence-corrected chi connectivity index (χ1v) is 11.4. The van der Waals surface area contributed by atoms with Crippen molar-refractivity contribution in [1.29, 1.82) is 0 Å². The van der Waals surface area contributed by atoms with Crippen LogP contribution in [0.15, 0.2) is 36.4 Å². The second-order valence-electron chi connectivity index (χ2n) is 7.82. The first kappa shape index (κ1) is 23.0. The molecule has 0 unspecified atom stereocenters. The van der Waals surface area contributed by atoms with Gasteiger partial charge in [0.2, 0.25) is 0 Å². The number of benzene rings is 2. The molecule has 3 rings (SSSR count). The van der Waals surface area contributed by atoms with E-state index in [1.807, 2.05) is 45.3 Å². The van der Waals surface area contributed by atoms with E-state index in [0.717, 1.165) is 34.1 Å². The normalized spacial score (nSPS) is 11.2. The molecular formula is C24H31N3O3S. The predicted molar refractivity (Wildman–Crippen MR) is 128 cm³/mol. The summed E-state index contributed by atoms with van der Waals surface area (Å²) in [6.45, 7) is 8.17. The molecule has 3 aromatic rings. The number of nitrogens with zero attached hydrogens (tertiary/aromatic N) is 3. The molecule has 1 heterocycles. The summed E-state index contributed by atoms with van der Waals surface area (Å²) in [6, 6.07) is 11.5. The van der Waals surface area contributed by atoms with E-state index in [1.165, 1.54) is 11.1 Å². The van der Waals surface area contributed by atoms with Crippen molar-refractivity contribution >= 4 is 32.6 Å². The fourth-order valence-electron chi connectivity index (χ4n) is 3.37. The topological polar surface area (TPSA) is 54.9 Å². The van der Waals surface area contributed by atoms with Gasteiger partial charge >= 0.3 is 0 Å². The number of rotatable bonds is 10. The summed E-state index contributed by atoms with van der Waals surface area (Å²) in [5.74, 6) is 1.33. The van der Waals surface area contributed by atoms with Crippen LogP contribution in [0.4, 0.5) is 5.13 Å². The summed E-state index contributed by atoms with van der Waals surface area (Å²) in [6.07, 6.45) is 0.857. The predicted octanol–water partition coefficient (Wildman–Crippen LogP) is 4.68. The molecule has 1 amide bonds. The Kier molecular flexibility index (Phi) is 7.87. The van der Waals surface area contributed by atoms with Crippen molar-refractivity contribution in [1.82, 2.24) is 9.88 Å². The molecule has 0 fully saturated rings. The molecule has 0 aliphatic heterocycles. The summed E-state index contributed by atoms with van der Waals surface area (Å²) in [4.78, 5) is 21.8. The maximum Gasteiger partial charge on any atom is 0.266 e. The second kappa shape index (κ2) is 10.6. The molecule has 1 aromatic heterocycles. The van der Waals surface area contributed by atoms with Crippen LogP contribution in [0.5, 0.6) is 11.5 Å². The van der Waals surface area contributed by atoms with Crippen LogP contribution >= 0.6 is 11.3 Å². The van der Waals surface area contributed by atoms with Crippen LogP contribution in [-0.2, 0) is 4.79 Å². The van der Waals surface area contributed by atoms with Crippen LogP contribution in [0.25, 0.3) is 10.2 Å². The van der Waals surface area contributed by atoms with Crippen LogP contribution in [0.2, 0.25) is 0 Å². The molecule has 0 radical (unpaired) electrons. The van der Waals surface area contributed by atoms with E-state index in [1.54, 1.807) is 16.2 Å². The van der Waals surface area contributed by atoms with Crippen LogP contribution in [-0.4, -0.2) is 56.2 Å². The largest absolute Gasteiger partial charge is 0.494 e. The molecule has 0 saturated heterocycles. The molecule has 0 spiro atoms. The van der Waals surface area contributed by atoms with Crippen molar-refractivity contribution in [2.75, 3.05) is 45.3 Å². The average molecular weight is 442 g/mol. The number of hydrogen-bond acceptors (Lipinski definition) is 6. The minimum atomic E-state index is -0.0962. The lowest BCUT2D eigenvalue weighted by Crippen LogP contribution is -2.36. The fourth-order valence-corrected chi connectivity index (χ4v) is 4.43. The second-order valence-corrected chi connectivity index (χ2v) is 8.80. The van der Waals surface area contributed by atoms with Crippen molar-refractivity contribution in [2.24, 2.45) is 0 Å². The standard InChI is InChI=1S/C24H31N3O3S/c1-6-29-19-8-10-20(11-9-19)30-16-22(28)27(13-7-12-26(4)5)24-25-21-15-17(2)14-18(3)23(21)31-24/h8-11,14-15H,6-7,12-13,16H2,1-5H3. The lowest BCUT2D eigenvalue weighted by molar-refractivity contribution is -0.120. The molecule has 166 valence electrons. The van der Waals surface area contributed by atoms with E-state index < -0.39 is 0 Å². The van der Waals surface area contributed by atoms with Crippen LogP contribution < -0.4 is 14.4 Å². The highest BCUT2D eigenvalue weighted by atomic mass is 32.1. The third-order valence-electron chi connectivity index (χ3n) is 4.82. The first-order chi connectivity index (χ1) is 14.9. The lowest BCUT2D eigenvalue weighted by atomic mass is 10.1. The van der Waals surface area contributed by atoms with Crippen molar-refractivity contribution in [3.63, 3.8) is 0 Å². The van der Waals surface area contributed by atoms with E-state index in [-0.39, 0.29) is 12.5 Å². The zero-order valence-corrected chi connectivity index (χ0v) is 19.8. The Hall–Kier alpha value is -2.64. The van der Waals surface area contributed by atoms with Gasteiger partial charge in [0.05, 0.1) is 16.8 Å². The van der Waals surface area contributed by atoms with Gasteiger partial charge in [0.1, 0.15) is 11.5 Å². The van der Waals surface area contributed by atoms with E-state index in [2.05, 4.69) is 30.9 Å². The Morgan fingerprint density at radius 2 is 1.71 bits per heavy atom. The number of carbonyl (C=O) groups is 1. The molecule has 2 aromatic carbocycles.